The van der Waals surface area contributed by atoms with E-state index in [-0.39, 0.29) is 25.7 Å². The van der Waals surface area contributed by atoms with Crippen molar-refractivity contribution in [3.05, 3.63) is 24.3 Å². The molecule has 0 rings (SSSR count). The summed E-state index contributed by atoms with van der Waals surface area (Å²) < 4.78 is 68.8. The number of phosphoric acid groups is 2. The van der Waals surface area contributed by atoms with Crippen LogP contribution in [0.15, 0.2) is 24.3 Å². The van der Waals surface area contributed by atoms with Gasteiger partial charge in [0.15, 0.2) is 12.2 Å². The van der Waals surface area contributed by atoms with Gasteiger partial charge in [-0.1, -0.05) is 387 Å². The lowest BCUT2D eigenvalue weighted by Crippen LogP contribution is -2.30. The topological polar surface area (TPSA) is 237 Å². The number of allylic oxidation sites excluding steroid dienone is 4. The molecule has 0 aromatic carbocycles. The highest BCUT2D eigenvalue weighted by atomic mass is 31.2. The summed E-state index contributed by atoms with van der Waals surface area (Å²) in [7, 11) is -9.94. The van der Waals surface area contributed by atoms with Crippen LogP contribution in [0, 0.1) is 11.8 Å². The van der Waals surface area contributed by atoms with Crippen LogP contribution < -0.4 is 0 Å². The summed E-state index contributed by atoms with van der Waals surface area (Å²) in [6.07, 6.45) is 73.2. The molecule has 0 bridgehead atoms. The first kappa shape index (κ1) is 104. The minimum Gasteiger partial charge on any atom is -0.462 e. The number of aliphatic hydroxyl groups excluding tert-OH is 1. The molecule has 0 aromatic heterocycles. The zero-order valence-corrected chi connectivity index (χ0v) is 71.0. The van der Waals surface area contributed by atoms with Crippen LogP contribution in [0.1, 0.15) is 440 Å². The molecule has 0 aliphatic heterocycles. The lowest BCUT2D eigenvalue weighted by Gasteiger charge is -2.21. The Balaban J connectivity index is 5.20. The average Bonchev–Trinajstić information content (AvgIpc) is 0.907. The first-order valence-electron chi connectivity index (χ1n) is 44.3. The maximum Gasteiger partial charge on any atom is 0.472 e. The quantitative estimate of drug-likeness (QED) is 0.0169. The Bertz CT molecular complexity index is 2130. The van der Waals surface area contributed by atoms with E-state index < -0.39 is 97.5 Å². The molecule has 0 amide bonds. The van der Waals surface area contributed by atoms with Crippen LogP contribution >= 0.6 is 15.6 Å². The van der Waals surface area contributed by atoms with E-state index >= 15 is 0 Å². The molecule has 0 saturated heterocycles. The molecule has 0 radical (unpaired) electrons. The van der Waals surface area contributed by atoms with Crippen molar-refractivity contribution in [2.75, 3.05) is 39.6 Å². The van der Waals surface area contributed by atoms with Gasteiger partial charge < -0.3 is 33.8 Å². The summed E-state index contributed by atoms with van der Waals surface area (Å²) >= 11 is 0. The summed E-state index contributed by atoms with van der Waals surface area (Å²) in [6, 6.07) is 0. The first-order valence-corrected chi connectivity index (χ1v) is 47.3. The van der Waals surface area contributed by atoms with E-state index in [1.54, 1.807) is 0 Å². The minimum atomic E-state index is -4.97. The molecule has 0 aromatic rings. The minimum absolute atomic E-state index is 0.0851. The fraction of sp³-hybridized carbons (Fsp3) is 0.908. The maximum atomic E-state index is 13.1. The van der Waals surface area contributed by atoms with E-state index in [0.717, 1.165) is 121 Å². The zero-order chi connectivity index (χ0) is 77.8. The number of esters is 4. The van der Waals surface area contributed by atoms with Crippen LogP contribution in [0.3, 0.4) is 0 Å². The SMILES string of the molecule is CCCCCC/C=C\C=C/CCCCCCCC(=O)O[C@H](COC(=O)CCCCCCCCCC)COP(=O)(O)OC[C@H](O)COP(=O)(O)OC[C@@H](COC(=O)CCCCCCCCCCCCCCCCCCCCC(C)C)OC(=O)CCCCCCCCCCCCCCCCCCCCC(C)CC. The largest absolute Gasteiger partial charge is 0.472 e. The molecule has 0 heterocycles. The van der Waals surface area contributed by atoms with Crippen molar-refractivity contribution >= 4 is 39.5 Å². The van der Waals surface area contributed by atoms with Gasteiger partial charge in [0.05, 0.1) is 26.4 Å². The smallest absolute Gasteiger partial charge is 0.462 e. The highest BCUT2D eigenvalue weighted by Crippen LogP contribution is 2.45. The lowest BCUT2D eigenvalue weighted by atomic mass is 9.99. The summed E-state index contributed by atoms with van der Waals surface area (Å²) in [5.74, 6) is -0.444. The van der Waals surface area contributed by atoms with Crippen molar-refractivity contribution in [2.24, 2.45) is 11.8 Å². The Hall–Kier alpha value is -2.46. The van der Waals surface area contributed by atoms with E-state index in [1.807, 2.05) is 0 Å². The summed E-state index contributed by atoms with van der Waals surface area (Å²) in [5.41, 5.74) is 0. The number of hydrogen-bond donors (Lipinski definition) is 3. The van der Waals surface area contributed by atoms with Crippen LogP contribution in [0.4, 0.5) is 0 Å². The van der Waals surface area contributed by atoms with Crippen molar-refractivity contribution in [1.29, 1.82) is 0 Å². The molecule has 0 spiro atoms. The van der Waals surface area contributed by atoms with E-state index in [1.165, 1.54) is 238 Å². The van der Waals surface area contributed by atoms with E-state index in [4.69, 9.17) is 37.0 Å². The van der Waals surface area contributed by atoms with Gasteiger partial charge in [0.25, 0.3) is 0 Å². The normalized spacial score (nSPS) is 14.2. The molecule has 106 heavy (non-hydrogen) atoms. The Morgan fingerprint density at radius 2 is 0.557 bits per heavy atom. The molecular weight excluding hydrogens is 1380 g/mol. The third-order valence-corrected chi connectivity index (χ3v) is 22.1. The molecule has 0 aliphatic carbocycles. The second kappa shape index (κ2) is 77.8. The third-order valence-electron chi connectivity index (χ3n) is 20.2. The van der Waals surface area contributed by atoms with Crippen molar-refractivity contribution in [1.82, 2.24) is 0 Å². The molecule has 3 N–H and O–H groups in total. The maximum absolute atomic E-state index is 13.1. The van der Waals surface area contributed by atoms with E-state index in [0.29, 0.717) is 25.7 Å². The Morgan fingerprint density at radius 3 is 0.849 bits per heavy atom. The van der Waals surface area contributed by atoms with Crippen molar-refractivity contribution in [3.63, 3.8) is 0 Å². The molecule has 0 saturated carbocycles. The molecule has 19 heteroatoms. The van der Waals surface area contributed by atoms with Crippen molar-refractivity contribution in [3.8, 4) is 0 Å². The molecule has 0 fully saturated rings. The number of unbranched alkanes of at least 4 members (excludes halogenated alkanes) is 50. The second-order valence-corrected chi connectivity index (χ2v) is 34.2. The van der Waals surface area contributed by atoms with Crippen LogP contribution in [0.25, 0.3) is 0 Å². The molecular formula is C87H166O17P2. The van der Waals surface area contributed by atoms with Crippen molar-refractivity contribution < 1.29 is 80.2 Å². The lowest BCUT2D eigenvalue weighted by molar-refractivity contribution is -0.161. The van der Waals surface area contributed by atoms with E-state index in [9.17, 15) is 43.2 Å². The fourth-order valence-electron chi connectivity index (χ4n) is 13.0. The van der Waals surface area contributed by atoms with Gasteiger partial charge in [0, 0.05) is 25.7 Å². The Labute approximate surface area is 650 Å². The highest BCUT2D eigenvalue weighted by Gasteiger charge is 2.30. The number of rotatable bonds is 84. The van der Waals surface area contributed by atoms with Crippen LogP contribution in [0.2, 0.25) is 0 Å². The predicted octanol–water partition coefficient (Wildman–Crippen LogP) is 26.2. The molecule has 3 unspecified atom stereocenters. The number of phosphoric ester groups is 2. The number of aliphatic hydroxyl groups is 1. The predicted molar refractivity (Wildman–Crippen MR) is 437 cm³/mol. The number of ether oxygens (including phenoxy) is 4. The van der Waals surface area contributed by atoms with Gasteiger partial charge in [0.2, 0.25) is 0 Å². The standard InChI is InChI=1S/C87H166O17P2/c1-7-10-12-14-16-18-19-20-29-37-42-47-53-59-65-71-86(91)103-82(75-97-84(89)69-63-57-51-17-15-13-11-8-2)77-101-105(93,94)99-73-81(88)74-100-106(95,96)102-78-83(76-98-85(90)70-64-58-52-46-41-36-32-27-23-21-25-30-34-39-44-49-55-61-67-79(4)5)104-87(92)72-66-60-54-48-43-38-33-28-24-22-26-31-35-40-45-50-56-62-68-80(6)9-3/h18-20,29,79-83,88H,7-17,21-28,30-78H2,1-6H3,(H,93,94)(H,95,96)/b19-18-,29-20-/t80?,81-,82+,83+/m0/s1. The Morgan fingerprint density at radius 1 is 0.311 bits per heavy atom. The number of hydrogen-bond acceptors (Lipinski definition) is 15. The van der Waals surface area contributed by atoms with Gasteiger partial charge in [0.1, 0.15) is 19.3 Å². The van der Waals surface area contributed by atoms with Gasteiger partial charge in [-0.2, -0.15) is 0 Å². The highest BCUT2D eigenvalue weighted by molar-refractivity contribution is 7.47. The first-order chi connectivity index (χ1) is 51.4. The number of carbonyl (C=O) groups is 4. The average molecular weight is 1550 g/mol. The molecule has 626 valence electrons. The van der Waals surface area contributed by atoms with E-state index in [2.05, 4.69) is 65.8 Å². The monoisotopic (exact) mass is 1550 g/mol. The van der Waals surface area contributed by atoms with Gasteiger partial charge in [-0.15, -0.1) is 0 Å². The molecule has 0 aliphatic rings. The Kier molecular flexibility index (Phi) is 76.0. The fourth-order valence-corrected chi connectivity index (χ4v) is 14.6. The summed E-state index contributed by atoms with van der Waals surface area (Å²) in [5, 5.41) is 10.7. The summed E-state index contributed by atoms with van der Waals surface area (Å²) in [4.78, 5) is 73.1. The number of carbonyl (C=O) groups excluding carboxylic acids is 4. The van der Waals surface area contributed by atoms with Crippen LogP contribution in [0.5, 0.6) is 0 Å². The van der Waals surface area contributed by atoms with Gasteiger partial charge in [-0.25, -0.2) is 9.13 Å². The van der Waals surface area contributed by atoms with Crippen LogP contribution in [-0.2, 0) is 65.4 Å². The van der Waals surface area contributed by atoms with Gasteiger partial charge in [-0.3, -0.25) is 37.3 Å². The third kappa shape index (κ3) is 78.2. The van der Waals surface area contributed by atoms with Crippen LogP contribution in [-0.4, -0.2) is 96.7 Å². The molecule has 17 nitrogen and oxygen atoms in total. The zero-order valence-electron chi connectivity index (χ0n) is 69.2. The van der Waals surface area contributed by atoms with Gasteiger partial charge >= 0.3 is 39.5 Å². The van der Waals surface area contributed by atoms with Gasteiger partial charge in [-0.05, 0) is 63.2 Å². The molecule has 6 atom stereocenters. The summed E-state index contributed by atoms with van der Waals surface area (Å²) in [6.45, 7) is 9.68. The van der Waals surface area contributed by atoms with Crippen molar-refractivity contribution in [2.45, 2.75) is 458 Å². The second-order valence-electron chi connectivity index (χ2n) is 31.3.